The van der Waals surface area contributed by atoms with Crippen LogP contribution in [0.1, 0.15) is 27.3 Å². The number of nitrogens with one attached hydrogen (secondary N) is 1. The molecule has 1 amide bonds. The van der Waals surface area contributed by atoms with E-state index in [1.807, 2.05) is 79.2 Å². The third-order valence-electron chi connectivity index (χ3n) is 4.44. The van der Waals surface area contributed by atoms with Gasteiger partial charge in [0.05, 0.1) is 29.7 Å². The van der Waals surface area contributed by atoms with Gasteiger partial charge in [0.15, 0.2) is 0 Å². The fourth-order valence-corrected chi connectivity index (χ4v) is 3.15. The average Bonchev–Trinajstić information content (AvgIpc) is 3.29. The van der Waals surface area contributed by atoms with E-state index in [9.17, 15) is 4.79 Å². The van der Waals surface area contributed by atoms with E-state index in [1.165, 1.54) is 0 Å². The van der Waals surface area contributed by atoms with Gasteiger partial charge in [-0.2, -0.15) is 10.2 Å². The molecule has 2 aromatic heterocycles. The van der Waals surface area contributed by atoms with Crippen LogP contribution in [0, 0.1) is 13.8 Å². The molecule has 4 aromatic rings. The molecule has 0 saturated carbocycles. The fourth-order valence-electron chi connectivity index (χ4n) is 3.15. The maximum Gasteiger partial charge on any atom is 0.258 e. The molecule has 0 bridgehead atoms. The number of amides is 1. The Morgan fingerprint density at radius 3 is 2.61 bits per heavy atom. The monoisotopic (exact) mass is 371 g/mol. The highest BCUT2D eigenvalue weighted by atomic mass is 16.1. The van der Waals surface area contributed by atoms with Crippen LogP contribution in [0.2, 0.25) is 0 Å². The molecular weight excluding hydrogens is 350 g/mol. The molecule has 4 rings (SSSR count). The van der Waals surface area contributed by atoms with Crippen molar-refractivity contribution in [3.8, 4) is 5.69 Å². The largest absolute Gasteiger partial charge is 0.322 e. The Labute approximate surface area is 163 Å². The molecule has 28 heavy (non-hydrogen) atoms. The van der Waals surface area contributed by atoms with Gasteiger partial charge in [0.2, 0.25) is 0 Å². The average molecular weight is 371 g/mol. The zero-order chi connectivity index (χ0) is 19.5. The first-order valence-corrected chi connectivity index (χ1v) is 9.10. The molecule has 0 unspecified atom stereocenters. The highest BCUT2D eigenvalue weighted by Gasteiger charge is 2.11. The van der Waals surface area contributed by atoms with Crippen molar-refractivity contribution in [2.45, 2.75) is 20.4 Å². The van der Waals surface area contributed by atoms with Crippen LogP contribution in [0.5, 0.6) is 0 Å². The number of hydrogen-bond acceptors (Lipinski definition) is 3. The molecule has 2 aromatic carbocycles. The van der Waals surface area contributed by atoms with Gasteiger partial charge in [-0.25, -0.2) is 4.68 Å². The molecule has 6 nitrogen and oxygen atoms in total. The summed E-state index contributed by atoms with van der Waals surface area (Å²) in [6.07, 6.45) is 3.34. The summed E-state index contributed by atoms with van der Waals surface area (Å²) in [7, 11) is 0. The van der Waals surface area contributed by atoms with Crippen molar-refractivity contribution < 1.29 is 4.79 Å². The predicted octanol–water partition coefficient (Wildman–Crippen LogP) is 3.99. The van der Waals surface area contributed by atoms with E-state index in [0.717, 1.165) is 22.6 Å². The number of benzene rings is 2. The molecule has 2 heterocycles. The summed E-state index contributed by atoms with van der Waals surface area (Å²) in [5.41, 5.74) is 5.28. The van der Waals surface area contributed by atoms with Crippen LogP contribution in [-0.2, 0) is 6.54 Å². The number of rotatable bonds is 5. The van der Waals surface area contributed by atoms with E-state index < -0.39 is 0 Å². The van der Waals surface area contributed by atoms with Crippen LogP contribution in [0.15, 0.2) is 73.1 Å². The minimum Gasteiger partial charge on any atom is -0.322 e. The second-order valence-corrected chi connectivity index (χ2v) is 6.76. The van der Waals surface area contributed by atoms with E-state index >= 15 is 0 Å². The highest BCUT2D eigenvalue weighted by Crippen LogP contribution is 2.17. The van der Waals surface area contributed by atoms with E-state index in [1.54, 1.807) is 17.1 Å². The Hall–Kier alpha value is -3.67. The lowest BCUT2D eigenvalue weighted by Gasteiger charge is -2.08. The summed E-state index contributed by atoms with van der Waals surface area (Å²) in [6, 6.07) is 19.7. The SMILES string of the molecule is Cc1cc(C)n(-c2cccc(NC(=O)c3cnn(Cc4ccccc4)c3)c2)n1. The standard InChI is InChI=1S/C22H21N5O/c1-16-11-17(2)27(25-16)21-10-6-9-20(12-21)24-22(28)19-13-23-26(15-19)14-18-7-4-3-5-8-18/h3-13,15H,14H2,1-2H3,(H,24,28). The fraction of sp³-hybridized carbons (Fsp3) is 0.136. The van der Waals surface area contributed by atoms with E-state index in [-0.39, 0.29) is 5.91 Å². The Morgan fingerprint density at radius 1 is 1.04 bits per heavy atom. The van der Waals surface area contributed by atoms with Crippen molar-refractivity contribution >= 4 is 11.6 Å². The third-order valence-corrected chi connectivity index (χ3v) is 4.44. The number of carbonyl (C=O) groups is 1. The topological polar surface area (TPSA) is 64.7 Å². The minimum absolute atomic E-state index is 0.190. The number of aryl methyl sites for hydroxylation is 2. The van der Waals surface area contributed by atoms with Crippen LogP contribution < -0.4 is 5.32 Å². The molecule has 140 valence electrons. The van der Waals surface area contributed by atoms with Gasteiger partial charge in [0.1, 0.15) is 0 Å². The van der Waals surface area contributed by atoms with Gasteiger partial charge in [0.25, 0.3) is 5.91 Å². The second kappa shape index (κ2) is 7.52. The summed E-state index contributed by atoms with van der Waals surface area (Å²) >= 11 is 0. The van der Waals surface area contributed by atoms with E-state index in [0.29, 0.717) is 17.8 Å². The lowest BCUT2D eigenvalue weighted by Crippen LogP contribution is -2.11. The lowest BCUT2D eigenvalue weighted by molar-refractivity contribution is 0.102. The third kappa shape index (κ3) is 3.86. The lowest BCUT2D eigenvalue weighted by atomic mass is 10.2. The number of carbonyl (C=O) groups excluding carboxylic acids is 1. The summed E-state index contributed by atoms with van der Waals surface area (Å²) < 4.78 is 3.62. The van der Waals surface area contributed by atoms with Crippen LogP contribution in [0.25, 0.3) is 5.69 Å². The Morgan fingerprint density at radius 2 is 1.86 bits per heavy atom. The van der Waals surface area contributed by atoms with Gasteiger partial charge < -0.3 is 5.32 Å². The summed E-state index contributed by atoms with van der Waals surface area (Å²) in [5, 5.41) is 11.7. The minimum atomic E-state index is -0.190. The maximum absolute atomic E-state index is 12.6. The molecule has 0 fully saturated rings. The quantitative estimate of drug-likeness (QED) is 0.577. The van der Waals surface area contributed by atoms with Gasteiger partial charge in [-0.15, -0.1) is 0 Å². The van der Waals surface area contributed by atoms with Crippen molar-refractivity contribution in [3.63, 3.8) is 0 Å². The first kappa shape index (κ1) is 17.7. The number of anilines is 1. The molecule has 0 radical (unpaired) electrons. The molecule has 0 aliphatic carbocycles. The van der Waals surface area contributed by atoms with Crippen molar-refractivity contribution in [1.82, 2.24) is 19.6 Å². The van der Waals surface area contributed by atoms with Crippen molar-refractivity contribution in [3.05, 3.63) is 95.6 Å². The normalized spacial score (nSPS) is 10.8. The van der Waals surface area contributed by atoms with Crippen LogP contribution in [0.3, 0.4) is 0 Å². The Kier molecular flexibility index (Phi) is 4.76. The molecule has 6 heteroatoms. The van der Waals surface area contributed by atoms with Gasteiger partial charge in [0, 0.05) is 17.6 Å². The van der Waals surface area contributed by atoms with Gasteiger partial charge >= 0.3 is 0 Å². The van der Waals surface area contributed by atoms with Gasteiger partial charge in [-0.3, -0.25) is 9.48 Å². The zero-order valence-corrected chi connectivity index (χ0v) is 15.8. The van der Waals surface area contributed by atoms with Crippen molar-refractivity contribution in [1.29, 1.82) is 0 Å². The summed E-state index contributed by atoms with van der Waals surface area (Å²) in [4.78, 5) is 12.6. The van der Waals surface area contributed by atoms with Crippen LogP contribution in [-0.4, -0.2) is 25.5 Å². The highest BCUT2D eigenvalue weighted by molar-refractivity contribution is 6.04. The van der Waals surface area contributed by atoms with E-state index in [2.05, 4.69) is 15.5 Å². The molecule has 0 aliphatic rings. The summed E-state index contributed by atoms with van der Waals surface area (Å²) in [6.45, 7) is 4.59. The number of nitrogens with zero attached hydrogens (tertiary/aromatic N) is 4. The predicted molar refractivity (Wildman–Crippen MR) is 109 cm³/mol. The smallest absolute Gasteiger partial charge is 0.258 e. The van der Waals surface area contributed by atoms with E-state index in [4.69, 9.17) is 0 Å². The molecule has 0 atom stereocenters. The Bertz CT molecular complexity index is 1110. The first-order chi connectivity index (χ1) is 13.6. The first-order valence-electron chi connectivity index (χ1n) is 9.10. The molecule has 0 aliphatic heterocycles. The molecular formula is C22H21N5O. The van der Waals surface area contributed by atoms with Gasteiger partial charge in [-0.1, -0.05) is 36.4 Å². The Balaban J connectivity index is 1.48. The zero-order valence-electron chi connectivity index (χ0n) is 15.8. The molecule has 0 spiro atoms. The maximum atomic E-state index is 12.6. The molecule has 1 N–H and O–H groups in total. The summed E-state index contributed by atoms with van der Waals surface area (Å²) in [5.74, 6) is -0.190. The van der Waals surface area contributed by atoms with Gasteiger partial charge in [-0.05, 0) is 43.7 Å². The number of aromatic nitrogens is 4. The second-order valence-electron chi connectivity index (χ2n) is 6.76. The van der Waals surface area contributed by atoms with Crippen molar-refractivity contribution in [2.24, 2.45) is 0 Å². The number of hydrogen-bond donors (Lipinski definition) is 1. The molecule has 0 saturated heterocycles. The van der Waals surface area contributed by atoms with Crippen molar-refractivity contribution in [2.75, 3.05) is 5.32 Å². The van der Waals surface area contributed by atoms with Crippen LogP contribution >= 0.6 is 0 Å². The van der Waals surface area contributed by atoms with Crippen LogP contribution in [0.4, 0.5) is 5.69 Å².